The van der Waals surface area contributed by atoms with E-state index in [0.717, 1.165) is 22.3 Å². The minimum atomic E-state index is -0.519. The number of hydrogen-bond acceptors (Lipinski definition) is 1. The van der Waals surface area contributed by atoms with Gasteiger partial charge in [-0.2, -0.15) is 0 Å². The van der Waals surface area contributed by atoms with Crippen molar-refractivity contribution in [1.82, 2.24) is 0 Å². The van der Waals surface area contributed by atoms with E-state index in [1.165, 1.54) is 0 Å². The van der Waals surface area contributed by atoms with E-state index < -0.39 is 5.41 Å². The van der Waals surface area contributed by atoms with Crippen molar-refractivity contribution in [1.29, 1.82) is 0 Å². The zero-order valence-corrected chi connectivity index (χ0v) is 18.5. The maximum absolute atomic E-state index is 5.93. The van der Waals surface area contributed by atoms with Gasteiger partial charge in [-0.1, -0.05) is 78.8 Å². The Morgan fingerprint density at radius 3 is 2.70 bits per heavy atom. The average molecular weight is 426 g/mol. The molecule has 0 fully saturated rings. The SMILES string of the molecule is C#C/C=C\C=C/CC1(C(=C)/C=C\C=C/C)[C-]=C(C(=[CH-])N)c2ccccc21.[Y]. The molecule has 0 saturated heterocycles. The van der Waals surface area contributed by atoms with Gasteiger partial charge in [0.05, 0.1) is 0 Å². The fraction of sp³-hybridized carbons (Fsp3) is 0.120. The Labute approximate surface area is 188 Å². The minimum Gasteiger partial charge on any atom is -0.483 e. The van der Waals surface area contributed by atoms with Gasteiger partial charge in [0.15, 0.2) is 0 Å². The number of terminal acetylenes is 1. The van der Waals surface area contributed by atoms with Crippen LogP contribution in [-0.4, -0.2) is 0 Å². The molecule has 1 aliphatic carbocycles. The molecule has 1 nitrogen and oxygen atoms in total. The normalized spacial score (nSPS) is 18.6. The van der Waals surface area contributed by atoms with E-state index in [9.17, 15) is 0 Å². The van der Waals surface area contributed by atoms with Crippen molar-refractivity contribution in [2.24, 2.45) is 5.73 Å². The predicted molar refractivity (Wildman–Crippen MR) is 112 cm³/mol. The van der Waals surface area contributed by atoms with Crippen molar-refractivity contribution >= 4 is 5.57 Å². The van der Waals surface area contributed by atoms with Crippen molar-refractivity contribution in [3.8, 4) is 12.3 Å². The summed E-state index contributed by atoms with van der Waals surface area (Å²) in [6, 6.07) is 8.08. The molecule has 1 atom stereocenters. The van der Waals surface area contributed by atoms with Crippen LogP contribution in [0.1, 0.15) is 24.5 Å². The molecular formula is C25H23NY-2. The van der Waals surface area contributed by atoms with E-state index >= 15 is 0 Å². The Morgan fingerprint density at radius 1 is 1.30 bits per heavy atom. The summed E-state index contributed by atoms with van der Waals surface area (Å²) in [6.45, 7) is 12.2. The third kappa shape index (κ3) is 5.19. The molecule has 1 aromatic rings. The number of hydrogen-bond donors (Lipinski definition) is 1. The Kier molecular flexibility index (Phi) is 9.23. The molecule has 1 aromatic carbocycles. The second-order valence-corrected chi connectivity index (χ2v) is 5.97. The summed E-state index contributed by atoms with van der Waals surface area (Å²) in [6.07, 6.45) is 24.8. The number of nitrogens with two attached hydrogens (primary N) is 1. The summed E-state index contributed by atoms with van der Waals surface area (Å²) in [7, 11) is 0. The minimum absolute atomic E-state index is 0. The smallest absolute Gasteiger partial charge is 0 e. The van der Waals surface area contributed by atoms with Gasteiger partial charge >= 0.3 is 0 Å². The van der Waals surface area contributed by atoms with Crippen molar-refractivity contribution in [2.45, 2.75) is 18.8 Å². The first kappa shape index (κ1) is 22.9. The first-order valence-corrected chi connectivity index (χ1v) is 8.46. The van der Waals surface area contributed by atoms with Gasteiger partial charge in [0, 0.05) is 32.7 Å². The zero-order valence-electron chi connectivity index (χ0n) is 15.7. The maximum Gasteiger partial charge on any atom is 0 e. The van der Waals surface area contributed by atoms with Crippen LogP contribution >= 0.6 is 0 Å². The molecule has 0 heterocycles. The molecule has 1 aliphatic rings. The average Bonchev–Trinajstić information content (AvgIpc) is 2.98. The number of fused-ring (bicyclic) bond motifs is 1. The second kappa shape index (κ2) is 10.9. The standard InChI is InChI=1S/C25H23N.Y/c1-5-7-9-10-14-18-25(20(3)15-11-8-6-2)19-23(21(4)26)22-16-12-13-17-24(22)25;/h1,4,6-17H,3,18,26H2,2H3;/q-2;/b8-6-,9-7-,14-10-,15-11-;. The van der Waals surface area contributed by atoms with Crippen molar-refractivity contribution in [3.05, 3.63) is 115 Å². The molecule has 2 rings (SSSR count). The van der Waals surface area contributed by atoms with Crippen LogP contribution in [0.5, 0.6) is 0 Å². The Hall–Kier alpha value is -2.14. The van der Waals surface area contributed by atoms with Crippen molar-refractivity contribution in [2.75, 3.05) is 0 Å². The van der Waals surface area contributed by atoms with Gasteiger partial charge in [-0.3, -0.25) is 11.8 Å². The molecule has 1 unspecified atom stereocenters. The molecule has 2 heteroatoms. The molecule has 0 amide bonds. The third-order valence-corrected chi connectivity index (χ3v) is 4.30. The van der Waals surface area contributed by atoms with Gasteiger partial charge in [-0.15, -0.1) is 18.1 Å². The summed E-state index contributed by atoms with van der Waals surface area (Å²) in [5.74, 6) is 2.48. The van der Waals surface area contributed by atoms with Crippen LogP contribution in [0.15, 0.2) is 90.7 Å². The quantitative estimate of drug-likeness (QED) is 0.361. The van der Waals surface area contributed by atoms with Gasteiger partial charge in [0.1, 0.15) is 0 Å². The molecule has 0 saturated carbocycles. The van der Waals surface area contributed by atoms with Crippen LogP contribution < -0.4 is 5.73 Å². The first-order chi connectivity index (χ1) is 12.6. The third-order valence-electron chi connectivity index (χ3n) is 4.30. The van der Waals surface area contributed by atoms with Gasteiger partial charge in [-0.25, -0.2) is 5.56 Å². The van der Waals surface area contributed by atoms with Crippen molar-refractivity contribution in [3.63, 3.8) is 0 Å². The summed E-state index contributed by atoms with van der Waals surface area (Å²) >= 11 is 0. The molecule has 1 radical (unpaired) electrons. The molecule has 0 spiro atoms. The van der Waals surface area contributed by atoms with Crippen LogP contribution in [0, 0.1) is 25.0 Å². The number of rotatable bonds is 7. The fourth-order valence-corrected chi connectivity index (χ4v) is 3.05. The van der Waals surface area contributed by atoms with Gasteiger partial charge in [0.2, 0.25) is 0 Å². The van der Waals surface area contributed by atoms with E-state index in [1.54, 1.807) is 6.08 Å². The molecule has 133 valence electrons. The van der Waals surface area contributed by atoms with E-state index in [1.807, 2.05) is 61.6 Å². The Morgan fingerprint density at radius 2 is 2.04 bits per heavy atom. The summed E-state index contributed by atoms with van der Waals surface area (Å²) in [5, 5.41) is 0. The topological polar surface area (TPSA) is 26.0 Å². The number of benzene rings is 1. The Bertz CT molecular complexity index is 887. The van der Waals surface area contributed by atoms with Crippen LogP contribution in [-0.2, 0) is 38.1 Å². The second-order valence-electron chi connectivity index (χ2n) is 5.97. The molecule has 27 heavy (non-hydrogen) atoms. The Balaban J connectivity index is 0.00000364. The van der Waals surface area contributed by atoms with Crippen LogP contribution in [0.3, 0.4) is 0 Å². The largest absolute Gasteiger partial charge is 0.483 e. The summed E-state index contributed by atoms with van der Waals surface area (Å²) in [5.41, 5.74) is 9.45. The van der Waals surface area contributed by atoms with Crippen LogP contribution in [0.25, 0.3) is 5.57 Å². The van der Waals surface area contributed by atoms with Gasteiger partial charge < -0.3 is 17.9 Å². The number of allylic oxidation sites excluding steroid dienone is 11. The molecule has 2 N–H and O–H groups in total. The van der Waals surface area contributed by atoms with Gasteiger partial charge in [0.25, 0.3) is 0 Å². The van der Waals surface area contributed by atoms with E-state index in [-0.39, 0.29) is 38.4 Å². The van der Waals surface area contributed by atoms with Crippen LogP contribution in [0.2, 0.25) is 0 Å². The summed E-state index contributed by atoms with van der Waals surface area (Å²) < 4.78 is 0. The molecule has 0 bridgehead atoms. The van der Waals surface area contributed by atoms with E-state index in [2.05, 4.69) is 30.7 Å². The molecule has 0 aromatic heterocycles. The van der Waals surface area contributed by atoms with Crippen LogP contribution in [0.4, 0.5) is 0 Å². The fourth-order valence-electron chi connectivity index (χ4n) is 3.05. The summed E-state index contributed by atoms with van der Waals surface area (Å²) in [4.78, 5) is 0. The maximum atomic E-state index is 5.93. The predicted octanol–water partition coefficient (Wildman–Crippen LogP) is 5.22. The monoisotopic (exact) mass is 426 g/mol. The van der Waals surface area contributed by atoms with E-state index in [0.29, 0.717) is 6.42 Å². The molecule has 0 aliphatic heterocycles. The van der Waals surface area contributed by atoms with E-state index in [4.69, 9.17) is 18.7 Å². The first-order valence-electron chi connectivity index (χ1n) is 8.46. The van der Waals surface area contributed by atoms with Crippen molar-refractivity contribution < 1.29 is 32.7 Å². The van der Waals surface area contributed by atoms with Gasteiger partial charge in [-0.05, 0) is 24.8 Å². The molecular weight excluding hydrogens is 403 g/mol. The zero-order chi connectivity index (χ0) is 19.0.